The first kappa shape index (κ1) is 6.71. The molecule has 0 aromatic heterocycles. The molecule has 1 aliphatic carbocycles. The van der Waals surface area contributed by atoms with E-state index in [1.807, 2.05) is 18.2 Å². The fourth-order valence-electron chi connectivity index (χ4n) is 1.63. The zero-order chi connectivity index (χ0) is 8.67. The van der Waals surface area contributed by atoms with Gasteiger partial charge in [-0.3, -0.25) is 4.99 Å². The first-order valence-corrected chi connectivity index (χ1v) is 4.19. The molecule has 13 heavy (non-hydrogen) atoms. The third kappa shape index (κ3) is 0.869. The zero-order valence-electron chi connectivity index (χ0n) is 6.90. The second-order valence-corrected chi connectivity index (χ2v) is 3.04. The second-order valence-electron chi connectivity index (χ2n) is 3.04. The normalized spacial score (nSPS) is 27.7. The van der Waals surface area contributed by atoms with Crippen molar-refractivity contribution in [1.82, 2.24) is 5.32 Å². The van der Waals surface area contributed by atoms with Gasteiger partial charge in [-0.25, -0.2) is 0 Å². The summed E-state index contributed by atoms with van der Waals surface area (Å²) in [6.45, 7) is 0. The van der Waals surface area contributed by atoms with Gasteiger partial charge in [0.05, 0.1) is 18.3 Å². The van der Waals surface area contributed by atoms with Gasteiger partial charge < -0.3 is 10.1 Å². The van der Waals surface area contributed by atoms with Crippen molar-refractivity contribution in [2.75, 3.05) is 0 Å². The lowest BCUT2D eigenvalue weighted by molar-refractivity contribution is 0.348. The monoisotopic (exact) mass is 172 g/mol. The van der Waals surface area contributed by atoms with Gasteiger partial charge in [-0.05, 0) is 12.2 Å². The van der Waals surface area contributed by atoms with Crippen LogP contribution in [0.25, 0.3) is 0 Å². The number of hydrogen-bond acceptors (Lipinski definition) is 3. The number of aliphatic imine (C=N–C) groups is 1. The average molecular weight is 172 g/mol. The summed E-state index contributed by atoms with van der Waals surface area (Å²) in [5, 5.41) is 3.09. The van der Waals surface area contributed by atoms with Crippen LogP contribution in [0.1, 0.15) is 0 Å². The molecule has 3 heteroatoms. The number of rotatable bonds is 0. The van der Waals surface area contributed by atoms with E-state index in [1.54, 1.807) is 12.6 Å². The van der Waals surface area contributed by atoms with E-state index in [9.17, 15) is 0 Å². The lowest BCUT2D eigenvalue weighted by Gasteiger charge is -2.20. The number of fused-ring (bicyclic) bond motifs is 2. The predicted molar refractivity (Wildman–Crippen MR) is 49.9 cm³/mol. The summed E-state index contributed by atoms with van der Waals surface area (Å²) < 4.78 is 5.43. The molecule has 0 aromatic carbocycles. The zero-order valence-corrected chi connectivity index (χ0v) is 6.90. The summed E-state index contributed by atoms with van der Waals surface area (Å²) in [5.41, 5.74) is 2.14. The van der Waals surface area contributed by atoms with Gasteiger partial charge in [0.25, 0.3) is 0 Å². The Morgan fingerprint density at radius 1 is 1.46 bits per heavy atom. The van der Waals surface area contributed by atoms with E-state index in [2.05, 4.69) is 16.4 Å². The number of ether oxygens (including phenoxy) is 1. The van der Waals surface area contributed by atoms with Crippen LogP contribution in [0.2, 0.25) is 0 Å². The van der Waals surface area contributed by atoms with E-state index >= 15 is 0 Å². The van der Waals surface area contributed by atoms with Crippen LogP contribution in [0.3, 0.4) is 0 Å². The van der Waals surface area contributed by atoms with Crippen LogP contribution in [-0.2, 0) is 4.74 Å². The number of allylic oxidation sites excluding steroid dienone is 3. The van der Waals surface area contributed by atoms with Crippen LogP contribution in [0, 0.1) is 0 Å². The van der Waals surface area contributed by atoms with Crippen molar-refractivity contribution < 1.29 is 4.74 Å². The first-order valence-electron chi connectivity index (χ1n) is 4.19. The number of nitrogens with zero attached hydrogens (tertiary/aromatic N) is 1. The van der Waals surface area contributed by atoms with Gasteiger partial charge in [-0.2, -0.15) is 0 Å². The van der Waals surface area contributed by atoms with Crippen LogP contribution in [0.15, 0.2) is 52.6 Å². The maximum atomic E-state index is 5.43. The molecule has 3 nitrogen and oxygen atoms in total. The summed E-state index contributed by atoms with van der Waals surface area (Å²) in [7, 11) is 0. The number of nitrogens with one attached hydrogen (secondary N) is 1. The molecule has 0 radical (unpaired) electrons. The molecule has 1 unspecified atom stereocenters. The summed E-state index contributed by atoms with van der Waals surface area (Å²) in [6.07, 6.45) is 11.4. The Balaban J connectivity index is 2.13. The molecule has 0 amide bonds. The minimum absolute atomic E-state index is 0.124. The van der Waals surface area contributed by atoms with E-state index in [-0.39, 0.29) is 6.04 Å². The Bertz CT molecular complexity index is 399. The quantitative estimate of drug-likeness (QED) is 0.596. The van der Waals surface area contributed by atoms with Crippen molar-refractivity contribution in [1.29, 1.82) is 0 Å². The smallest absolute Gasteiger partial charge is 0.155 e. The summed E-state index contributed by atoms with van der Waals surface area (Å²) in [4.78, 5) is 4.24. The van der Waals surface area contributed by atoms with E-state index in [4.69, 9.17) is 4.74 Å². The SMILES string of the molecule is C1=COC2=C3NC=NC3C=CC2=C1. The Morgan fingerprint density at radius 3 is 3.46 bits per heavy atom. The van der Waals surface area contributed by atoms with Crippen molar-refractivity contribution in [3.05, 3.63) is 47.6 Å². The lowest BCUT2D eigenvalue weighted by atomic mass is 10.0. The molecule has 1 atom stereocenters. The molecule has 2 aliphatic heterocycles. The Kier molecular flexibility index (Phi) is 1.22. The molecular formula is C10H8N2O. The average Bonchev–Trinajstić information content (AvgIpc) is 2.65. The third-order valence-electron chi connectivity index (χ3n) is 2.26. The Hall–Kier alpha value is -1.77. The summed E-state index contributed by atoms with van der Waals surface area (Å²) in [5.74, 6) is 0.896. The van der Waals surface area contributed by atoms with E-state index < -0.39 is 0 Å². The summed E-state index contributed by atoms with van der Waals surface area (Å²) in [6, 6.07) is 0.124. The largest absolute Gasteiger partial charge is 0.462 e. The minimum Gasteiger partial charge on any atom is -0.462 e. The molecule has 2 heterocycles. The third-order valence-corrected chi connectivity index (χ3v) is 2.26. The number of hydrogen-bond donors (Lipinski definition) is 1. The molecular weight excluding hydrogens is 164 g/mol. The van der Waals surface area contributed by atoms with Gasteiger partial charge in [0.2, 0.25) is 0 Å². The van der Waals surface area contributed by atoms with E-state index in [0.29, 0.717) is 0 Å². The molecule has 0 spiro atoms. The van der Waals surface area contributed by atoms with Crippen molar-refractivity contribution in [2.45, 2.75) is 6.04 Å². The van der Waals surface area contributed by atoms with Crippen LogP contribution in [0.5, 0.6) is 0 Å². The van der Waals surface area contributed by atoms with Crippen molar-refractivity contribution in [3.8, 4) is 0 Å². The van der Waals surface area contributed by atoms with Gasteiger partial charge >= 0.3 is 0 Å². The Morgan fingerprint density at radius 2 is 2.46 bits per heavy atom. The van der Waals surface area contributed by atoms with Gasteiger partial charge in [0.1, 0.15) is 6.04 Å². The second kappa shape index (κ2) is 2.36. The van der Waals surface area contributed by atoms with Gasteiger partial charge in [0.15, 0.2) is 5.76 Å². The van der Waals surface area contributed by atoms with Gasteiger partial charge in [-0.1, -0.05) is 12.2 Å². The Labute approximate surface area is 75.8 Å². The highest BCUT2D eigenvalue weighted by Gasteiger charge is 2.25. The maximum absolute atomic E-state index is 5.43. The van der Waals surface area contributed by atoms with Crippen LogP contribution in [0.4, 0.5) is 0 Å². The summed E-state index contributed by atoms with van der Waals surface area (Å²) >= 11 is 0. The molecule has 1 N–H and O–H groups in total. The highest BCUT2D eigenvalue weighted by molar-refractivity contribution is 5.67. The standard InChI is InChI=1S/C10H8N2O/c1-2-7-3-4-8-9(12-6-11-8)10(7)13-5-1/h1-6,8H,(H,11,12). The molecule has 0 saturated carbocycles. The molecule has 0 aromatic rings. The molecule has 3 aliphatic rings. The maximum Gasteiger partial charge on any atom is 0.155 e. The highest BCUT2D eigenvalue weighted by atomic mass is 16.5. The van der Waals surface area contributed by atoms with Gasteiger partial charge in [-0.15, -0.1) is 0 Å². The highest BCUT2D eigenvalue weighted by Crippen LogP contribution is 2.29. The van der Waals surface area contributed by atoms with E-state index in [0.717, 1.165) is 17.0 Å². The topological polar surface area (TPSA) is 33.6 Å². The molecule has 3 rings (SSSR count). The lowest BCUT2D eigenvalue weighted by Crippen LogP contribution is -2.19. The van der Waals surface area contributed by atoms with E-state index in [1.165, 1.54) is 0 Å². The molecule has 0 saturated heterocycles. The molecule has 64 valence electrons. The van der Waals surface area contributed by atoms with Crippen LogP contribution in [-0.4, -0.2) is 12.4 Å². The van der Waals surface area contributed by atoms with Crippen molar-refractivity contribution in [3.63, 3.8) is 0 Å². The van der Waals surface area contributed by atoms with Crippen molar-refractivity contribution in [2.24, 2.45) is 4.99 Å². The molecule has 0 bridgehead atoms. The van der Waals surface area contributed by atoms with Crippen molar-refractivity contribution >= 4 is 6.34 Å². The van der Waals surface area contributed by atoms with Crippen LogP contribution >= 0.6 is 0 Å². The fourth-order valence-corrected chi connectivity index (χ4v) is 1.63. The molecule has 0 fully saturated rings. The van der Waals surface area contributed by atoms with Gasteiger partial charge in [0, 0.05) is 5.57 Å². The van der Waals surface area contributed by atoms with Crippen LogP contribution < -0.4 is 5.32 Å². The predicted octanol–water partition coefficient (Wildman–Crippen LogP) is 1.24. The first-order chi connectivity index (χ1) is 6.45. The minimum atomic E-state index is 0.124. The fraction of sp³-hybridized carbons (Fsp3) is 0.100.